The molecule has 1 aromatic rings. The van der Waals surface area contributed by atoms with Crippen molar-refractivity contribution in [3.8, 4) is 5.75 Å². The summed E-state index contributed by atoms with van der Waals surface area (Å²) in [6.45, 7) is 2.95. The Balaban J connectivity index is 1.78. The van der Waals surface area contributed by atoms with Gasteiger partial charge in [-0.15, -0.1) is 0 Å². The molecule has 1 aromatic carbocycles. The van der Waals surface area contributed by atoms with E-state index in [1.54, 1.807) is 0 Å². The Bertz CT molecular complexity index is 407. The highest BCUT2D eigenvalue weighted by molar-refractivity contribution is 9.10. The van der Waals surface area contributed by atoms with Crippen LogP contribution >= 0.6 is 27.5 Å². The van der Waals surface area contributed by atoms with Gasteiger partial charge in [-0.25, -0.2) is 0 Å². The van der Waals surface area contributed by atoms with Gasteiger partial charge < -0.3 is 10.1 Å². The van der Waals surface area contributed by atoms with E-state index < -0.39 is 0 Å². The highest BCUT2D eigenvalue weighted by atomic mass is 79.9. The first-order valence-corrected chi connectivity index (χ1v) is 8.17. The summed E-state index contributed by atoms with van der Waals surface area (Å²) < 4.78 is 6.85. The van der Waals surface area contributed by atoms with Gasteiger partial charge in [-0.1, -0.05) is 46.8 Å². The van der Waals surface area contributed by atoms with Gasteiger partial charge in [-0.3, -0.25) is 0 Å². The van der Waals surface area contributed by atoms with Gasteiger partial charge >= 0.3 is 0 Å². The van der Waals surface area contributed by atoms with Gasteiger partial charge in [0, 0.05) is 17.1 Å². The smallest absolute Gasteiger partial charge is 0.138 e. The molecule has 1 unspecified atom stereocenters. The quantitative estimate of drug-likeness (QED) is 0.827. The van der Waals surface area contributed by atoms with Crippen LogP contribution in [-0.2, 0) is 0 Å². The summed E-state index contributed by atoms with van der Waals surface area (Å²) in [4.78, 5) is 0. The Kier molecular flexibility index (Phi) is 5.99. The molecule has 106 valence electrons. The molecule has 1 aliphatic rings. The van der Waals surface area contributed by atoms with E-state index in [1.165, 1.54) is 32.1 Å². The number of hydrogen-bond donors (Lipinski definition) is 1. The zero-order valence-corrected chi connectivity index (χ0v) is 13.6. The molecule has 0 aliphatic heterocycles. The van der Waals surface area contributed by atoms with Crippen LogP contribution in [0, 0.1) is 0 Å². The lowest BCUT2D eigenvalue weighted by molar-refractivity contribution is 0.205. The lowest BCUT2D eigenvalue weighted by Gasteiger charge is -2.25. The molecule has 4 heteroatoms. The highest BCUT2D eigenvalue weighted by Crippen LogP contribution is 2.28. The number of halogens is 2. The molecule has 0 aromatic heterocycles. The summed E-state index contributed by atoms with van der Waals surface area (Å²) >= 11 is 9.54. The largest absolute Gasteiger partial charge is 0.488 e. The molecule has 1 atom stereocenters. The second-order valence-electron chi connectivity index (χ2n) is 5.25. The molecule has 1 fully saturated rings. The third-order valence-electron chi connectivity index (χ3n) is 3.52. The fourth-order valence-corrected chi connectivity index (χ4v) is 3.19. The molecule has 0 radical (unpaired) electrons. The lowest BCUT2D eigenvalue weighted by atomic mass is 9.95. The molecule has 1 saturated carbocycles. The second-order valence-corrected chi connectivity index (χ2v) is 6.57. The van der Waals surface area contributed by atoms with Crippen LogP contribution in [0.1, 0.15) is 39.0 Å². The maximum Gasteiger partial charge on any atom is 0.138 e. The van der Waals surface area contributed by atoms with Crippen molar-refractivity contribution in [3.05, 3.63) is 27.7 Å². The minimum absolute atomic E-state index is 0.126. The first-order chi connectivity index (χ1) is 9.15. The fraction of sp³-hybridized carbons (Fsp3) is 0.600. The predicted octanol–water partition coefficient (Wildman–Crippen LogP) is 4.79. The summed E-state index contributed by atoms with van der Waals surface area (Å²) in [6, 6.07) is 6.38. The minimum atomic E-state index is 0.126. The Hall–Kier alpha value is -0.250. The lowest BCUT2D eigenvalue weighted by Crippen LogP contribution is -2.37. The number of benzene rings is 1. The van der Waals surface area contributed by atoms with E-state index >= 15 is 0 Å². The van der Waals surface area contributed by atoms with Gasteiger partial charge in [0.15, 0.2) is 0 Å². The van der Waals surface area contributed by atoms with E-state index in [0.717, 1.165) is 16.8 Å². The van der Waals surface area contributed by atoms with Crippen LogP contribution in [0.3, 0.4) is 0 Å². The van der Waals surface area contributed by atoms with Crippen LogP contribution in [-0.4, -0.2) is 18.7 Å². The molecule has 1 aliphatic carbocycles. The zero-order valence-electron chi connectivity index (χ0n) is 11.3. The summed E-state index contributed by atoms with van der Waals surface area (Å²) in [5.74, 6) is 0.753. The number of rotatable bonds is 5. The van der Waals surface area contributed by atoms with Crippen molar-refractivity contribution in [2.24, 2.45) is 0 Å². The van der Waals surface area contributed by atoms with E-state index in [1.807, 2.05) is 18.2 Å². The minimum Gasteiger partial charge on any atom is -0.488 e. The normalized spacial score (nSPS) is 18.3. The van der Waals surface area contributed by atoms with Gasteiger partial charge in [0.2, 0.25) is 0 Å². The summed E-state index contributed by atoms with van der Waals surface area (Å²) in [7, 11) is 0. The molecular formula is C15H21BrClNO. The average molecular weight is 347 g/mol. The van der Waals surface area contributed by atoms with E-state index in [2.05, 4.69) is 28.2 Å². The van der Waals surface area contributed by atoms with Crippen molar-refractivity contribution >= 4 is 27.5 Å². The monoisotopic (exact) mass is 345 g/mol. The van der Waals surface area contributed by atoms with Crippen LogP contribution in [0.2, 0.25) is 5.02 Å². The number of ether oxygens (including phenoxy) is 1. The summed E-state index contributed by atoms with van der Waals surface area (Å²) in [5.41, 5.74) is 0. The van der Waals surface area contributed by atoms with Crippen molar-refractivity contribution in [1.82, 2.24) is 5.32 Å². The topological polar surface area (TPSA) is 21.3 Å². The van der Waals surface area contributed by atoms with E-state index in [0.29, 0.717) is 11.1 Å². The van der Waals surface area contributed by atoms with Crippen LogP contribution in [0.4, 0.5) is 0 Å². The van der Waals surface area contributed by atoms with Crippen molar-refractivity contribution in [2.75, 3.05) is 6.54 Å². The van der Waals surface area contributed by atoms with Crippen molar-refractivity contribution < 1.29 is 4.74 Å². The molecule has 0 bridgehead atoms. The molecule has 2 rings (SSSR count). The Morgan fingerprint density at radius 1 is 1.37 bits per heavy atom. The molecule has 0 heterocycles. The Labute approximate surface area is 129 Å². The fourth-order valence-electron chi connectivity index (χ4n) is 2.47. The molecule has 0 amide bonds. The summed E-state index contributed by atoms with van der Waals surface area (Å²) in [5, 5.41) is 4.25. The van der Waals surface area contributed by atoms with Gasteiger partial charge in [0.25, 0.3) is 0 Å². The molecule has 2 nitrogen and oxygen atoms in total. The predicted molar refractivity (Wildman–Crippen MR) is 84.1 cm³/mol. The van der Waals surface area contributed by atoms with Crippen LogP contribution in [0.25, 0.3) is 0 Å². The van der Waals surface area contributed by atoms with Crippen molar-refractivity contribution in [3.63, 3.8) is 0 Å². The van der Waals surface area contributed by atoms with E-state index in [4.69, 9.17) is 16.3 Å². The molecular weight excluding hydrogens is 326 g/mol. The highest BCUT2D eigenvalue weighted by Gasteiger charge is 2.14. The van der Waals surface area contributed by atoms with Crippen molar-refractivity contribution in [1.29, 1.82) is 0 Å². The van der Waals surface area contributed by atoms with Gasteiger partial charge in [-0.2, -0.15) is 0 Å². The summed E-state index contributed by atoms with van der Waals surface area (Å²) in [6.07, 6.45) is 6.81. The first-order valence-electron chi connectivity index (χ1n) is 7.00. The van der Waals surface area contributed by atoms with Crippen LogP contribution in [0.15, 0.2) is 22.7 Å². The number of hydrogen-bond acceptors (Lipinski definition) is 2. The van der Waals surface area contributed by atoms with Gasteiger partial charge in [0.1, 0.15) is 11.9 Å². The molecule has 19 heavy (non-hydrogen) atoms. The Morgan fingerprint density at radius 3 is 2.79 bits per heavy atom. The molecule has 0 spiro atoms. The van der Waals surface area contributed by atoms with E-state index in [-0.39, 0.29) is 6.10 Å². The van der Waals surface area contributed by atoms with E-state index in [9.17, 15) is 0 Å². The Morgan fingerprint density at radius 2 is 2.11 bits per heavy atom. The zero-order chi connectivity index (χ0) is 13.7. The van der Waals surface area contributed by atoms with Crippen molar-refractivity contribution in [2.45, 2.75) is 51.2 Å². The van der Waals surface area contributed by atoms with Crippen LogP contribution < -0.4 is 10.1 Å². The molecule has 1 N–H and O–H groups in total. The third-order valence-corrected chi connectivity index (χ3v) is 4.31. The van der Waals surface area contributed by atoms with Gasteiger partial charge in [0.05, 0.1) is 5.02 Å². The second kappa shape index (κ2) is 7.51. The standard InChI is InChI=1S/C15H21BrClNO/c1-11(10-18-13-5-3-2-4-6-13)19-15-8-7-12(16)9-14(15)17/h7-9,11,13,18H,2-6,10H2,1H3. The molecule has 0 saturated heterocycles. The van der Waals surface area contributed by atoms with Gasteiger partial charge in [-0.05, 0) is 38.0 Å². The number of nitrogens with one attached hydrogen (secondary N) is 1. The maximum atomic E-state index is 6.15. The van der Waals surface area contributed by atoms with Crippen LogP contribution in [0.5, 0.6) is 5.75 Å². The average Bonchev–Trinajstić information content (AvgIpc) is 2.41. The maximum absolute atomic E-state index is 6.15. The first kappa shape index (κ1) is 15.1. The SMILES string of the molecule is CC(CNC1CCCCC1)Oc1ccc(Br)cc1Cl. The third kappa shape index (κ3) is 4.97.